The molecule has 25 heavy (non-hydrogen) atoms. The number of imide groups is 1. The lowest BCUT2D eigenvalue weighted by molar-refractivity contribution is -0.132. The van der Waals surface area contributed by atoms with E-state index in [1.54, 1.807) is 18.2 Å². The summed E-state index contributed by atoms with van der Waals surface area (Å²) >= 11 is 0. The summed E-state index contributed by atoms with van der Waals surface area (Å²) in [6.45, 7) is 4.39. The number of urea groups is 1. The second kappa shape index (κ2) is 6.74. The molecular formula is C18H23N3O4. The molecule has 0 bridgehead atoms. The normalized spacial score (nSPS) is 26.5. The number of hydrogen-bond acceptors (Lipinski definition) is 5. The number of benzene rings is 1. The molecule has 7 heteroatoms. The quantitative estimate of drug-likeness (QED) is 0.648. The molecule has 7 nitrogen and oxygen atoms in total. The Hall–Kier alpha value is -2.57. The molecule has 1 saturated carbocycles. The summed E-state index contributed by atoms with van der Waals surface area (Å²) < 4.78 is 5.32. The van der Waals surface area contributed by atoms with Crippen molar-refractivity contribution in [3.63, 3.8) is 0 Å². The van der Waals surface area contributed by atoms with Gasteiger partial charge in [-0.05, 0) is 50.7 Å². The first-order valence-electron chi connectivity index (χ1n) is 8.62. The highest BCUT2D eigenvalue weighted by Crippen LogP contribution is 2.36. The fourth-order valence-corrected chi connectivity index (χ4v) is 3.34. The zero-order valence-electron chi connectivity index (χ0n) is 14.5. The fourth-order valence-electron chi connectivity index (χ4n) is 3.34. The van der Waals surface area contributed by atoms with Crippen molar-refractivity contribution < 1.29 is 19.4 Å². The molecule has 1 aliphatic heterocycles. The zero-order valence-corrected chi connectivity index (χ0v) is 14.5. The van der Waals surface area contributed by atoms with E-state index in [9.17, 15) is 14.7 Å². The van der Waals surface area contributed by atoms with Gasteiger partial charge in [-0.25, -0.2) is 4.79 Å². The van der Waals surface area contributed by atoms with Crippen LogP contribution in [0.25, 0.3) is 0 Å². The van der Waals surface area contributed by atoms with Crippen molar-refractivity contribution in [1.82, 2.24) is 10.3 Å². The molecule has 0 unspecified atom stereocenters. The van der Waals surface area contributed by atoms with Gasteiger partial charge in [0, 0.05) is 5.56 Å². The average molecular weight is 345 g/mol. The third kappa shape index (κ3) is 3.18. The van der Waals surface area contributed by atoms with Crippen molar-refractivity contribution in [1.29, 1.82) is 0 Å². The Balaban J connectivity index is 1.79. The van der Waals surface area contributed by atoms with E-state index in [1.165, 1.54) is 6.21 Å². The molecule has 0 radical (unpaired) electrons. The van der Waals surface area contributed by atoms with Gasteiger partial charge in [0.25, 0.3) is 5.91 Å². The van der Waals surface area contributed by atoms with Crippen molar-refractivity contribution in [3.8, 4) is 11.5 Å². The molecule has 1 heterocycles. The van der Waals surface area contributed by atoms with E-state index in [-0.39, 0.29) is 11.7 Å². The molecule has 3 amide bonds. The van der Waals surface area contributed by atoms with Gasteiger partial charge in [0.15, 0.2) is 11.5 Å². The Morgan fingerprint density at radius 3 is 2.80 bits per heavy atom. The summed E-state index contributed by atoms with van der Waals surface area (Å²) in [5.74, 6) is 0.509. The Kier molecular flexibility index (Phi) is 4.65. The van der Waals surface area contributed by atoms with Crippen molar-refractivity contribution in [2.45, 2.75) is 45.1 Å². The number of hydrazone groups is 1. The first-order chi connectivity index (χ1) is 12.0. The van der Waals surface area contributed by atoms with Crippen LogP contribution in [-0.4, -0.2) is 40.4 Å². The lowest BCUT2D eigenvalue weighted by atomic mass is 9.77. The van der Waals surface area contributed by atoms with Crippen LogP contribution >= 0.6 is 0 Å². The number of aromatic hydroxyl groups is 1. The highest BCUT2D eigenvalue weighted by atomic mass is 16.5. The van der Waals surface area contributed by atoms with Crippen LogP contribution in [0.15, 0.2) is 23.3 Å². The molecule has 2 aliphatic rings. The van der Waals surface area contributed by atoms with Crippen LogP contribution in [0.1, 0.15) is 45.1 Å². The molecule has 0 aromatic heterocycles. The number of hydrogen-bond donors (Lipinski definition) is 2. The Labute approximate surface area is 146 Å². The molecule has 2 N–H and O–H groups in total. The van der Waals surface area contributed by atoms with Crippen LogP contribution in [0, 0.1) is 5.92 Å². The van der Waals surface area contributed by atoms with Gasteiger partial charge in [-0.15, -0.1) is 5.01 Å². The van der Waals surface area contributed by atoms with Crippen LogP contribution in [0.2, 0.25) is 0 Å². The molecule has 1 aromatic rings. The lowest BCUT2D eigenvalue weighted by Crippen LogP contribution is -2.49. The number of amides is 3. The van der Waals surface area contributed by atoms with E-state index in [0.29, 0.717) is 36.7 Å². The number of carbonyl (C=O) groups is 2. The van der Waals surface area contributed by atoms with Crippen LogP contribution in [0.4, 0.5) is 4.79 Å². The van der Waals surface area contributed by atoms with E-state index in [2.05, 4.69) is 17.3 Å². The van der Waals surface area contributed by atoms with Crippen molar-refractivity contribution in [2.75, 3.05) is 6.61 Å². The summed E-state index contributed by atoms with van der Waals surface area (Å²) in [6, 6.07) is 4.47. The van der Waals surface area contributed by atoms with Gasteiger partial charge in [0.05, 0.1) is 12.8 Å². The topological polar surface area (TPSA) is 91.2 Å². The molecule has 0 atom stereocenters. The largest absolute Gasteiger partial charge is 0.504 e. The molecule has 1 spiro atoms. The summed E-state index contributed by atoms with van der Waals surface area (Å²) in [4.78, 5) is 24.9. The van der Waals surface area contributed by atoms with E-state index in [0.717, 1.165) is 17.9 Å². The minimum absolute atomic E-state index is 0.0682. The maximum atomic E-state index is 12.7. The number of rotatable bonds is 4. The molecule has 1 aliphatic carbocycles. The molecular weight excluding hydrogens is 322 g/mol. The van der Waals surface area contributed by atoms with Crippen molar-refractivity contribution >= 4 is 18.2 Å². The Bertz CT molecular complexity index is 708. The standard InChI is InChI=1S/C18H23N3O4/c1-3-25-14-6-4-5-13(15(14)22)11-19-21-16(23)18(20-17(21)24)9-7-12(2)8-10-18/h4-6,11-12,22H,3,7-10H2,1-2H3,(H,20,24)/b19-11+. The fraction of sp³-hybridized carbons (Fsp3) is 0.500. The van der Waals surface area contributed by atoms with E-state index >= 15 is 0 Å². The number of ether oxygens (including phenoxy) is 1. The van der Waals surface area contributed by atoms with Gasteiger partial charge in [0.1, 0.15) is 5.54 Å². The molecule has 1 aromatic carbocycles. The molecule has 1 saturated heterocycles. The SMILES string of the molecule is CCOc1cccc(/C=N/N2C(=O)NC3(CCC(C)CC3)C2=O)c1O. The minimum atomic E-state index is -0.823. The second-order valence-electron chi connectivity index (χ2n) is 6.68. The van der Waals surface area contributed by atoms with Gasteiger partial charge in [0.2, 0.25) is 0 Å². The molecule has 134 valence electrons. The predicted octanol–water partition coefficient (Wildman–Crippen LogP) is 2.63. The van der Waals surface area contributed by atoms with Gasteiger partial charge >= 0.3 is 6.03 Å². The first-order valence-corrected chi connectivity index (χ1v) is 8.62. The Morgan fingerprint density at radius 1 is 1.40 bits per heavy atom. The van der Waals surface area contributed by atoms with Crippen molar-refractivity contribution in [2.24, 2.45) is 11.0 Å². The number of nitrogens with zero attached hydrogens (tertiary/aromatic N) is 2. The average Bonchev–Trinajstić information content (AvgIpc) is 2.82. The summed E-state index contributed by atoms with van der Waals surface area (Å²) in [7, 11) is 0. The smallest absolute Gasteiger partial charge is 0.346 e. The third-order valence-electron chi connectivity index (χ3n) is 4.91. The van der Waals surface area contributed by atoms with Crippen LogP contribution in [0.3, 0.4) is 0 Å². The van der Waals surface area contributed by atoms with Crippen molar-refractivity contribution in [3.05, 3.63) is 23.8 Å². The van der Waals surface area contributed by atoms with Gasteiger partial charge < -0.3 is 15.2 Å². The van der Waals surface area contributed by atoms with Gasteiger partial charge in [-0.1, -0.05) is 13.0 Å². The minimum Gasteiger partial charge on any atom is -0.504 e. The first kappa shape index (κ1) is 17.3. The number of nitrogens with one attached hydrogen (secondary N) is 1. The third-order valence-corrected chi connectivity index (χ3v) is 4.91. The number of phenolic OH excluding ortho intramolecular Hbond substituents is 1. The summed E-state index contributed by atoms with van der Waals surface area (Å²) in [5, 5.41) is 17.9. The number of phenols is 1. The summed E-state index contributed by atoms with van der Waals surface area (Å²) in [5.41, 5.74) is -0.444. The monoisotopic (exact) mass is 345 g/mol. The molecule has 2 fully saturated rings. The van der Waals surface area contributed by atoms with Gasteiger partial charge in [-0.3, -0.25) is 4.79 Å². The maximum Gasteiger partial charge on any atom is 0.346 e. The van der Waals surface area contributed by atoms with Gasteiger partial charge in [-0.2, -0.15) is 5.10 Å². The maximum absolute atomic E-state index is 12.7. The van der Waals surface area contributed by atoms with Crippen LogP contribution < -0.4 is 10.1 Å². The van der Waals surface area contributed by atoms with Crippen LogP contribution in [-0.2, 0) is 4.79 Å². The summed E-state index contributed by atoms with van der Waals surface area (Å²) in [6.07, 6.45) is 4.38. The highest BCUT2D eigenvalue weighted by molar-refractivity contribution is 6.07. The zero-order chi connectivity index (χ0) is 18.0. The second-order valence-corrected chi connectivity index (χ2v) is 6.68. The highest BCUT2D eigenvalue weighted by Gasteiger charge is 2.52. The van der Waals surface area contributed by atoms with E-state index in [1.807, 2.05) is 6.92 Å². The Morgan fingerprint density at radius 2 is 2.12 bits per heavy atom. The predicted molar refractivity (Wildman–Crippen MR) is 92.6 cm³/mol. The lowest BCUT2D eigenvalue weighted by Gasteiger charge is -2.33. The van der Waals surface area contributed by atoms with E-state index in [4.69, 9.17) is 4.74 Å². The number of carbonyl (C=O) groups excluding carboxylic acids is 2. The van der Waals surface area contributed by atoms with Crippen LogP contribution in [0.5, 0.6) is 11.5 Å². The number of para-hydroxylation sites is 1. The van der Waals surface area contributed by atoms with E-state index < -0.39 is 11.6 Å². The molecule has 3 rings (SSSR count).